The lowest BCUT2D eigenvalue weighted by Gasteiger charge is -2.18. The fourth-order valence-electron chi connectivity index (χ4n) is 2.51. The lowest BCUT2D eigenvalue weighted by atomic mass is 9.85. The van der Waals surface area contributed by atoms with Crippen LogP contribution in [0.25, 0.3) is 0 Å². The minimum atomic E-state index is -4.69. The van der Waals surface area contributed by atoms with E-state index in [2.05, 4.69) is 91.0 Å². The minimum absolute atomic E-state index is 0.309. The molecule has 0 amide bonds. The molecule has 1 N–H and O–H groups in total. The molecule has 4 nitrogen and oxygen atoms in total. The van der Waals surface area contributed by atoms with Crippen LogP contribution in [-0.2, 0) is 0 Å². The monoisotopic (exact) mass is 344 g/mol. The van der Waals surface area contributed by atoms with Crippen LogP contribution in [-0.4, -0.2) is 4.66 Å². The molecule has 0 radical (unpaired) electrons. The predicted molar refractivity (Wildman–Crippen MR) is 82.5 cm³/mol. The third-order valence-electron chi connectivity index (χ3n) is 3.40. The summed E-state index contributed by atoms with van der Waals surface area (Å²) in [5.74, 6) is 0.309. The van der Waals surface area contributed by atoms with Crippen LogP contribution in [0.4, 0.5) is 0 Å². The van der Waals surface area contributed by atoms with Crippen molar-refractivity contribution in [3.8, 4) is 0 Å². The molecule has 0 aliphatic heterocycles. The Labute approximate surface area is 143 Å². The third-order valence-corrected chi connectivity index (χ3v) is 3.40. The van der Waals surface area contributed by atoms with Crippen LogP contribution in [0.1, 0.15) is 22.6 Å². The van der Waals surface area contributed by atoms with Crippen LogP contribution in [0.2, 0.25) is 0 Å². The van der Waals surface area contributed by atoms with E-state index in [9.17, 15) is 0 Å². The fraction of sp³-hybridized carbons (Fsp3) is 0.0526. The van der Waals surface area contributed by atoms with E-state index in [1.54, 1.807) is 0 Å². The Morgan fingerprint density at radius 1 is 0.542 bits per heavy atom. The number of rotatable bonds is 3. The zero-order valence-electron chi connectivity index (χ0n) is 12.8. The molecule has 3 aromatic carbocycles. The molecule has 0 unspecified atom stereocenters. The molecule has 0 spiro atoms. The SMILES string of the molecule is [O-][Cl+3]([O-])([O-])O.c1ccc(C(c2ccccc2)c2ccccc2)cc1. The van der Waals surface area contributed by atoms with Gasteiger partial charge in [-0.1, -0.05) is 91.0 Å². The van der Waals surface area contributed by atoms with Gasteiger partial charge < -0.3 is 0 Å². The molecule has 0 fully saturated rings. The number of halogens is 1. The molecule has 0 atom stereocenters. The molecular weight excluding hydrogens is 328 g/mol. The maximum absolute atomic E-state index is 8.60. The summed E-state index contributed by atoms with van der Waals surface area (Å²) < 4.78 is 32.7. The van der Waals surface area contributed by atoms with E-state index in [1.807, 2.05) is 0 Å². The quantitative estimate of drug-likeness (QED) is 0.710. The minimum Gasteiger partial charge on any atom is -0.183 e. The van der Waals surface area contributed by atoms with E-state index in [-0.39, 0.29) is 0 Å². The topological polar surface area (TPSA) is 89.4 Å². The highest BCUT2D eigenvalue weighted by molar-refractivity contribution is 5.42. The molecule has 0 aliphatic rings. The van der Waals surface area contributed by atoms with Crippen molar-refractivity contribution >= 4 is 0 Å². The Kier molecular flexibility index (Phi) is 6.49. The summed E-state index contributed by atoms with van der Waals surface area (Å²) in [6.07, 6.45) is 0. The van der Waals surface area contributed by atoms with Gasteiger partial charge in [-0.05, 0) is 16.7 Å². The zero-order valence-corrected chi connectivity index (χ0v) is 13.5. The van der Waals surface area contributed by atoms with Gasteiger partial charge >= 0.3 is 0 Å². The molecule has 3 rings (SSSR count). The van der Waals surface area contributed by atoms with Gasteiger partial charge in [-0.15, -0.1) is 0 Å². The Morgan fingerprint density at radius 2 is 0.750 bits per heavy atom. The van der Waals surface area contributed by atoms with Gasteiger partial charge in [0.1, 0.15) is 0 Å². The summed E-state index contributed by atoms with van der Waals surface area (Å²) >= 11 is 0. The molecule has 0 bridgehead atoms. The van der Waals surface area contributed by atoms with Gasteiger partial charge in [-0.3, -0.25) is 0 Å². The second kappa shape index (κ2) is 8.59. The highest BCUT2D eigenvalue weighted by atomic mass is 35.7. The van der Waals surface area contributed by atoms with Gasteiger partial charge in [0.15, 0.2) is 0 Å². The van der Waals surface area contributed by atoms with Crippen molar-refractivity contribution in [3.05, 3.63) is 108 Å². The van der Waals surface area contributed by atoms with E-state index in [1.165, 1.54) is 16.7 Å². The Bertz CT molecular complexity index is 613. The number of hydrogen-bond donors (Lipinski definition) is 1. The highest BCUT2D eigenvalue weighted by Gasteiger charge is 2.15. The molecule has 0 aliphatic carbocycles. The fourth-order valence-corrected chi connectivity index (χ4v) is 2.51. The summed E-state index contributed by atoms with van der Waals surface area (Å²) in [7, 11) is -4.69. The number of hydrogen-bond acceptors (Lipinski definition) is 4. The average molecular weight is 345 g/mol. The molecule has 124 valence electrons. The van der Waals surface area contributed by atoms with Gasteiger partial charge in [0.2, 0.25) is 0 Å². The van der Waals surface area contributed by atoms with E-state index in [0.717, 1.165) is 0 Å². The molecule has 3 aromatic rings. The summed E-state index contributed by atoms with van der Waals surface area (Å²) in [6.45, 7) is 0. The van der Waals surface area contributed by atoms with Crippen molar-refractivity contribution in [3.63, 3.8) is 0 Å². The van der Waals surface area contributed by atoms with Gasteiger partial charge in [0, 0.05) is 5.92 Å². The van der Waals surface area contributed by atoms with E-state index >= 15 is 0 Å². The Balaban J connectivity index is 0.000000368. The van der Waals surface area contributed by atoms with Gasteiger partial charge in [-0.2, -0.15) is 14.0 Å². The van der Waals surface area contributed by atoms with Crippen LogP contribution < -0.4 is 14.0 Å². The largest absolute Gasteiger partial charge is 0.183 e. The molecular formula is C19H17ClO4. The maximum atomic E-state index is 8.60. The van der Waals surface area contributed by atoms with Crippen LogP contribution in [0.5, 0.6) is 0 Å². The third kappa shape index (κ3) is 6.12. The second-order valence-corrected chi connectivity index (χ2v) is 5.85. The zero-order chi connectivity index (χ0) is 17.4. The van der Waals surface area contributed by atoms with Crippen LogP contribution in [0, 0.1) is 10.2 Å². The molecule has 0 saturated heterocycles. The first-order chi connectivity index (χ1) is 11.4. The van der Waals surface area contributed by atoms with Gasteiger partial charge in [0.25, 0.3) is 0 Å². The summed E-state index contributed by atoms with van der Waals surface area (Å²) in [4.78, 5) is 0. The average Bonchev–Trinajstić information content (AvgIpc) is 2.57. The van der Waals surface area contributed by atoms with Crippen molar-refractivity contribution in [1.29, 1.82) is 0 Å². The van der Waals surface area contributed by atoms with E-state index in [0.29, 0.717) is 5.92 Å². The first kappa shape index (κ1) is 18.1. The summed E-state index contributed by atoms with van der Waals surface area (Å²) in [5, 5.41) is 0. The Hall–Kier alpha value is -2.21. The Morgan fingerprint density at radius 3 is 0.958 bits per heavy atom. The maximum Gasteiger partial charge on any atom is 0.0777 e. The van der Waals surface area contributed by atoms with Crippen LogP contribution in [0.3, 0.4) is 0 Å². The highest BCUT2D eigenvalue weighted by Crippen LogP contribution is 2.31. The lowest BCUT2D eigenvalue weighted by molar-refractivity contribution is -1.92. The van der Waals surface area contributed by atoms with Crippen LogP contribution in [0.15, 0.2) is 91.0 Å². The normalized spacial score (nSPS) is 10.9. The smallest absolute Gasteiger partial charge is 0.0777 e. The van der Waals surface area contributed by atoms with Crippen molar-refractivity contribution in [2.45, 2.75) is 5.92 Å². The molecule has 0 aromatic heterocycles. The van der Waals surface area contributed by atoms with Crippen molar-refractivity contribution in [1.82, 2.24) is 0 Å². The number of benzene rings is 3. The first-order valence-corrected chi connectivity index (χ1v) is 8.49. The van der Waals surface area contributed by atoms with E-state index < -0.39 is 10.2 Å². The standard InChI is InChI=1S/C19H16.ClHO4/c1-4-10-16(11-5-1)19(17-12-6-2-7-13-17)18-14-8-3-9-15-18;2-1(3,4)5/h1-15,19H;(H,2,3,4,5). The molecule has 24 heavy (non-hydrogen) atoms. The van der Waals surface area contributed by atoms with Crippen molar-refractivity contribution in [2.24, 2.45) is 0 Å². The second-order valence-electron chi connectivity index (χ2n) is 5.06. The molecule has 0 heterocycles. The lowest BCUT2D eigenvalue weighted by Crippen LogP contribution is -2.58. The molecule has 0 saturated carbocycles. The first-order valence-electron chi connectivity index (χ1n) is 7.23. The van der Waals surface area contributed by atoms with Crippen molar-refractivity contribution in [2.75, 3.05) is 0 Å². The van der Waals surface area contributed by atoms with E-state index in [4.69, 9.17) is 18.6 Å². The summed E-state index contributed by atoms with van der Waals surface area (Å²) in [5.41, 5.74) is 4.00. The predicted octanol–water partition coefficient (Wildman–Crippen LogP) is 0.743. The van der Waals surface area contributed by atoms with Gasteiger partial charge in [0.05, 0.1) is 14.9 Å². The van der Waals surface area contributed by atoms with Gasteiger partial charge in [-0.25, -0.2) is 0 Å². The van der Waals surface area contributed by atoms with Crippen LogP contribution >= 0.6 is 0 Å². The van der Waals surface area contributed by atoms with Crippen molar-refractivity contribution < 1.29 is 28.9 Å². The molecule has 5 heteroatoms. The summed E-state index contributed by atoms with van der Waals surface area (Å²) in [6, 6.07) is 32.0.